The number of benzene rings is 1. The Morgan fingerprint density at radius 1 is 1.12 bits per heavy atom. The minimum atomic E-state index is 1.04. The molecule has 16 heavy (non-hydrogen) atoms. The summed E-state index contributed by atoms with van der Waals surface area (Å²) in [5.74, 6) is 0. The molecular formula is C13H19N3. The normalized spacial score (nSPS) is 11.8. The molecule has 1 N–H and O–H groups in total. The maximum Gasteiger partial charge on any atom is 0.0456 e. The van der Waals surface area contributed by atoms with Gasteiger partial charge < -0.3 is 4.98 Å². The zero-order chi connectivity index (χ0) is 11.5. The van der Waals surface area contributed by atoms with Crippen LogP contribution in [0.1, 0.15) is 5.56 Å². The van der Waals surface area contributed by atoms with Gasteiger partial charge in [-0.3, -0.25) is 0 Å². The first kappa shape index (κ1) is 11.2. The number of para-hydroxylation sites is 1. The molecule has 0 fully saturated rings. The van der Waals surface area contributed by atoms with Crippen molar-refractivity contribution in [3.05, 3.63) is 36.0 Å². The van der Waals surface area contributed by atoms with Gasteiger partial charge in [-0.15, -0.1) is 0 Å². The molecule has 0 aliphatic heterocycles. The zero-order valence-corrected chi connectivity index (χ0v) is 10.2. The molecule has 0 saturated carbocycles. The molecule has 3 nitrogen and oxygen atoms in total. The van der Waals surface area contributed by atoms with Gasteiger partial charge in [-0.2, -0.15) is 0 Å². The van der Waals surface area contributed by atoms with Crippen molar-refractivity contribution in [1.29, 1.82) is 0 Å². The standard InChI is InChI=1S/C13H19N3/c1-15(2)16(3)9-8-11-10-14-13-7-5-4-6-12(11)13/h4-7,10,14H,8-9H2,1-3H3. The van der Waals surface area contributed by atoms with Crippen LogP contribution in [0.2, 0.25) is 0 Å². The maximum atomic E-state index is 3.31. The second-order valence-corrected chi connectivity index (χ2v) is 4.34. The highest BCUT2D eigenvalue weighted by Gasteiger charge is 2.05. The van der Waals surface area contributed by atoms with Crippen molar-refractivity contribution in [1.82, 2.24) is 15.0 Å². The molecule has 0 saturated heterocycles. The van der Waals surface area contributed by atoms with Gasteiger partial charge in [-0.1, -0.05) is 18.2 Å². The van der Waals surface area contributed by atoms with E-state index in [4.69, 9.17) is 0 Å². The predicted octanol–water partition coefficient (Wildman–Crippen LogP) is 2.12. The number of H-pyrrole nitrogens is 1. The molecule has 1 aromatic carbocycles. The molecule has 2 aromatic rings. The molecule has 0 aliphatic carbocycles. The van der Waals surface area contributed by atoms with Crippen molar-refractivity contribution >= 4 is 10.9 Å². The molecular weight excluding hydrogens is 198 g/mol. The Morgan fingerprint density at radius 3 is 2.62 bits per heavy atom. The van der Waals surface area contributed by atoms with Gasteiger partial charge in [-0.05, 0) is 18.1 Å². The van der Waals surface area contributed by atoms with Crippen LogP contribution in [0.25, 0.3) is 10.9 Å². The smallest absolute Gasteiger partial charge is 0.0456 e. The van der Waals surface area contributed by atoms with Crippen LogP contribution in [-0.2, 0) is 6.42 Å². The maximum absolute atomic E-state index is 3.31. The number of fused-ring (bicyclic) bond motifs is 1. The Kier molecular flexibility index (Phi) is 3.27. The second kappa shape index (κ2) is 4.68. The van der Waals surface area contributed by atoms with Crippen LogP contribution in [0.3, 0.4) is 0 Å². The summed E-state index contributed by atoms with van der Waals surface area (Å²) in [5, 5.41) is 5.66. The van der Waals surface area contributed by atoms with Crippen molar-refractivity contribution in [3.63, 3.8) is 0 Å². The fourth-order valence-corrected chi connectivity index (χ4v) is 1.82. The van der Waals surface area contributed by atoms with Crippen LogP contribution in [-0.4, -0.2) is 42.7 Å². The summed E-state index contributed by atoms with van der Waals surface area (Å²) in [6, 6.07) is 8.45. The first-order chi connectivity index (χ1) is 7.68. The third kappa shape index (κ3) is 2.26. The molecule has 1 heterocycles. The number of likely N-dealkylation sites (N-methyl/N-ethyl adjacent to an activating group) is 1. The van der Waals surface area contributed by atoms with E-state index in [1.165, 1.54) is 16.5 Å². The molecule has 0 bridgehead atoms. The van der Waals surface area contributed by atoms with E-state index in [2.05, 4.69) is 66.6 Å². The fourth-order valence-electron chi connectivity index (χ4n) is 1.82. The van der Waals surface area contributed by atoms with Crippen LogP contribution in [0, 0.1) is 0 Å². The lowest BCUT2D eigenvalue weighted by Gasteiger charge is -2.23. The molecule has 0 atom stereocenters. The lowest BCUT2D eigenvalue weighted by atomic mass is 10.1. The van der Waals surface area contributed by atoms with E-state index in [0.29, 0.717) is 0 Å². The lowest BCUT2D eigenvalue weighted by Crippen LogP contribution is -2.34. The number of hydrazine groups is 1. The number of rotatable bonds is 4. The SMILES string of the molecule is CN(C)N(C)CCc1c[nH]c2ccccc12. The molecule has 0 radical (unpaired) electrons. The van der Waals surface area contributed by atoms with Crippen molar-refractivity contribution in [2.75, 3.05) is 27.7 Å². The van der Waals surface area contributed by atoms with E-state index < -0.39 is 0 Å². The molecule has 3 heteroatoms. The number of aromatic amines is 1. The molecule has 0 amide bonds. The lowest BCUT2D eigenvalue weighted by molar-refractivity contribution is 0.0578. The van der Waals surface area contributed by atoms with E-state index in [1.54, 1.807) is 0 Å². The van der Waals surface area contributed by atoms with E-state index >= 15 is 0 Å². The molecule has 0 aliphatic rings. The first-order valence-electron chi connectivity index (χ1n) is 5.62. The summed E-state index contributed by atoms with van der Waals surface area (Å²) in [4.78, 5) is 3.31. The topological polar surface area (TPSA) is 22.3 Å². The van der Waals surface area contributed by atoms with Crippen LogP contribution in [0.4, 0.5) is 0 Å². The highest BCUT2D eigenvalue weighted by molar-refractivity contribution is 5.83. The number of aromatic nitrogens is 1. The predicted molar refractivity (Wildman–Crippen MR) is 68.3 cm³/mol. The van der Waals surface area contributed by atoms with Gasteiger partial charge in [0.05, 0.1) is 0 Å². The number of nitrogens with zero attached hydrogens (tertiary/aromatic N) is 2. The minimum absolute atomic E-state index is 1.04. The van der Waals surface area contributed by atoms with Gasteiger partial charge in [0.25, 0.3) is 0 Å². The Morgan fingerprint density at radius 2 is 1.88 bits per heavy atom. The average molecular weight is 217 g/mol. The van der Waals surface area contributed by atoms with Crippen LogP contribution >= 0.6 is 0 Å². The van der Waals surface area contributed by atoms with Crippen LogP contribution < -0.4 is 0 Å². The van der Waals surface area contributed by atoms with E-state index in [1.807, 2.05) is 0 Å². The van der Waals surface area contributed by atoms with Crippen LogP contribution in [0.15, 0.2) is 30.5 Å². The van der Waals surface area contributed by atoms with Crippen molar-refractivity contribution in [2.24, 2.45) is 0 Å². The minimum Gasteiger partial charge on any atom is -0.361 e. The summed E-state index contributed by atoms with van der Waals surface area (Å²) in [6.07, 6.45) is 3.19. The fraction of sp³-hybridized carbons (Fsp3) is 0.385. The third-order valence-corrected chi connectivity index (χ3v) is 3.06. The molecule has 0 spiro atoms. The van der Waals surface area contributed by atoms with E-state index in [0.717, 1.165) is 13.0 Å². The van der Waals surface area contributed by atoms with Gasteiger partial charge in [0, 0.05) is 44.8 Å². The Hall–Kier alpha value is -1.32. The van der Waals surface area contributed by atoms with E-state index in [9.17, 15) is 0 Å². The van der Waals surface area contributed by atoms with Crippen molar-refractivity contribution < 1.29 is 0 Å². The number of hydrogen-bond acceptors (Lipinski definition) is 2. The summed E-state index contributed by atoms with van der Waals surface area (Å²) in [7, 11) is 6.24. The second-order valence-electron chi connectivity index (χ2n) is 4.34. The molecule has 1 aromatic heterocycles. The largest absolute Gasteiger partial charge is 0.361 e. The van der Waals surface area contributed by atoms with Gasteiger partial charge in [-0.25, -0.2) is 10.0 Å². The number of nitrogens with one attached hydrogen (secondary N) is 1. The summed E-state index contributed by atoms with van der Waals surface area (Å²) >= 11 is 0. The van der Waals surface area contributed by atoms with Gasteiger partial charge in [0.1, 0.15) is 0 Å². The summed E-state index contributed by atoms with van der Waals surface area (Å²) in [6.45, 7) is 1.04. The Bertz CT molecular complexity index is 459. The Balaban J connectivity index is 2.10. The summed E-state index contributed by atoms with van der Waals surface area (Å²) < 4.78 is 0. The zero-order valence-electron chi connectivity index (χ0n) is 10.2. The quantitative estimate of drug-likeness (QED) is 0.792. The molecule has 2 rings (SSSR count). The first-order valence-corrected chi connectivity index (χ1v) is 5.62. The summed E-state index contributed by atoms with van der Waals surface area (Å²) in [5.41, 5.74) is 2.62. The third-order valence-electron chi connectivity index (χ3n) is 3.06. The molecule has 0 unspecified atom stereocenters. The highest BCUT2D eigenvalue weighted by atomic mass is 15.6. The average Bonchev–Trinajstić information content (AvgIpc) is 2.69. The highest BCUT2D eigenvalue weighted by Crippen LogP contribution is 2.18. The van der Waals surface area contributed by atoms with E-state index in [-0.39, 0.29) is 0 Å². The van der Waals surface area contributed by atoms with Crippen LogP contribution in [0.5, 0.6) is 0 Å². The van der Waals surface area contributed by atoms with Gasteiger partial charge in [0.15, 0.2) is 0 Å². The Labute approximate surface area is 96.6 Å². The van der Waals surface area contributed by atoms with Crippen molar-refractivity contribution in [2.45, 2.75) is 6.42 Å². The van der Waals surface area contributed by atoms with Gasteiger partial charge >= 0.3 is 0 Å². The molecule has 86 valence electrons. The monoisotopic (exact) mass is 217 g/mol. The number of hydrogen-bond donors (Lipinski definition) is 1. The van der Waals surface area contributed by atoms with Crippen molar-refractivity contribution in [3.8, 4) is 0 Å². The van der Waals surface area contributed by atoms with Gasteiger partial charge in [0.2, 0.25) is 0 Å².